The maximum atomic E-state index is 13.5. The van der Waals surface area contributed by atoms with Crippen LogP contribution in [0.15, 0.2) is 36.7 Å². The summed E-state index contributed by atoms with van der Waals surface area (Å²) < 4.78 is 13.5. The topological polar surface area (TPSA) is 49.8 Å². The van der Waals surface area contributed by atoms with Crippen molar-refractivity contribution in [2.75, 3.05) is 17.2 Å². The Hall–Kier alpha value is -2.17. The number of aromatic nitrogens is 2. The number of para-hydroxylation sites is 1. The van der Waals surface area contributed by atoms with E-state index in [1.54, 1.807) is 30.6 Å². The lowest BCUT2D eigenvalue weighted by Crippen LogP contribution is -2.04. The number of anilines is 3. The number of rotatable bonds is 5. The fourth-order valence-electron chi connectivity index (χ4n) is 1.46. The number of benzene rings is 1. The van der Waals surface area contributed by atoms with Crippen LogP contribution in [0.3, 0.4) is 0 Å². The monoisotopic (exact) mass is 246 g/mol. The van der Waals surface area contributed by atoms with Crippen molar-refractivity contribution in [2.24, 2.45) is 0 Å². The third-order valence-corrected chi connectivity index (χ3v) is 2.33. The first-order valence-electron chi connectivity index (χ1n) is 5.87. The van der Waals surface area contributed by atoms with E-state index in [4.69, 9.17) is 0 Å². The molecule has 1 aromatic carbocycles. The molecule has 18 heavy (non-hydrogen) atoms. The Labute approximate surface area is 105 Å². The summed E-state index contributed by atoms with van der Waals surface area (Å²) in [6, 6.07) is 6.46. The highest BCUT2D eigenvalue weighted by molar-refractivity contribution is 5.57. The Balaban J connectivity index is 2.12. The predicted octanol–water partition coefficient (Wildman–Crippen LogP) is 3.18. The molecular formula is C13H15FN4. The molecule has 2 aromatic rings. The van der Waals surface area contributed by atoms with Crippen molar-refractivity contribution in [3.63, 3.8) is 0 Å². The first kappa shape index (κ1) is 12.3. The van der Waals surface area contributed by atoms with E-state index in [1.165, 1.54) is 6.07 Å². The molecule has 2 rings (SSSR count). The van der Waals surface area contributed by atoms with E-state index in [1.807, 2.05) is 0 Å². The first-order chi connectivity index (χ1) is 8.79. The van der Waals surface area contributed by atoms with E-state index in [-0.39, 0.29) is 5.82 Å². The van der Waals surface area contributed by atoms with Gasteiger partial charge in [0.2, 0.25) is 0 Å². The molecule has 0 atom stereocenters. The summed E-state index contributed by atoms with van der Waals surface area (Å²) in [7, 11) is 0. The van der Waals surface area contributed by atoms with Gasteiger partial charge in [-0.1, -0.05) is 19.1 Å². The zero-order valence-corrected chi connectivity index (χ0v) is 10.2. The van der Waals surface area contributed by atoms with Crippen LogP contribution in [0, 0.1) is 5.82 Å². The van der Waals surface area contributed by atoms with Crippen LogP contribution in [0.5, 0.6) is 0 Å². The van der Waals surface area contributed by atoms with E-state index < -0.39 is 0 Å². The summed E-state index contributed by atoms with van der Waals surface area (Å²) in [6.45, 7) is 2.90. The molecule has 0 radical (unpaired) electrons. The van der Waals surface area contributed by atoms with Crippen molar-refractivity contribution >= 4 is 17.3 Å². The SMILES string of the molecule is CCCNc1cncc(Nc2ccccc2F)n1. The van der Waals surface area contributed by atoms with E-state index in [9.17, 15) is 4.39 Å². The highest BCUT2D eigenvalue weighted by atomic mass is 19.1. The Morgan fingerprint density at radius 3 is 2.72 bits per heavy atom. The molecule has 0 saturated carbocycles. The van der Waals surface area contributed by atoms with Crippen molar-refractivity contribution in [2.45, 2.75) is 13.3 Å². The van der Waals surface area contributed by atoms with Crippen LogP contribution in [0.25, 0.3) is 0 Å². The van der Waals surface area contributed by atoms with Crippen molar-refractivity contribution in [3.05, 3.63) is 42.5 Å². The normalized spacial score (nSPS) is 10.1. The zero-order chi connectivity index (χ0) is 12.8. The van der Waals surface area contributed by atoms with Crippen molar-refractivity contribution < 1.29 is 4.39 Å². The third kappa shape index (κ3) is 3.16. The van der Waals surface area contributed by atoms with Gasteiger partial charge in [-0.3, -0.25) is 4.98 Å². The van der Waals surface area contributed by atoms with Gasteiger partial charge >= 0.3 is 0 Å². The molecule has 1 aromatic heterocycles. The molecule has 0 fully saturated rings. The van der Waals surface area contributed by atoms with Gasteiger partial charge in [-0.05, 0) is 18.6 Å². The van der Waals surface area contributed by atoms with Gasteiger partial charge in [-0.15, -0.1) is 0 Å². The second-order valence-electron chi connectivity index (χ2n) is 3.82. The van der Waals surface area contributed by atoms with Crippen molar-refractivity contribution in [1.82, 2.24) is 9.97 Å². The predicted molar refractivity (Wildman–Crippen MR) is 70.5 cm³/mol. The summed E-state index contributed by atoms with van der Waals surface area (Å²) >= 11 is 0. The van der Waals surface area contributed by atoms with Crippen molar-refractivity contribution in [3.8, 4) is 0 Å². The molecule has 5 heteroatoms. The van der Waals surface area contributed by atoms with Gasteiger partial charge in [0, 0.05) is 6.54 Å². The number of hydrogen-bond donors (Lipinski definition) is 2. The number of nitrogens with zero attached hydrogens (tertiary/aromatic N) is 2. The lowest BCUT2D eigenvalue weighted by Gasteiger charge is -2.08. The lowest BCUT2D eigenvalue weighted by molar-refractivity contribution is 0.632. The van der Waals surface area contributed by atoms with E-state index in [0.717, 1.165) is 13.0 Å². The summed E-state index contributed by atoms with van der Waals surface area (Å²) in [5.41, 5.74) is 0.388. The Kier molecular flexibility index (Phi) is 4.06. The molecular weight excluding hydrogens is 231 g/mol. The zero-order valence-electron chi connectivity index (χ0n) is 10.2. The van der Waals surface area contributed by atoms with Crippen LogP contribution >= 0.6 is 0 Å². The molecule has 0 bridgehead atoms. The summed E-state index contributed by atoms with van der Waals surface area (Å²) in [5.74, 6) is 0.880. The molecule has 0 spiro atoms. The average Bonchev–Trinajstić information content (AvgIpc) is 2.40. The largest absolute Gasteiger partial charge is 0.369 e. The van der Waals surface area contributed by atoms with E-state index >= 15 is 0 Å². The minimum absolute atomic E-state index is 0.314. The Morgan fingerprint density at radius 2 is 1.94 bits per heavy atom. The average molecular weight is 246 g/mol. The first-order valence-corrected chi connectivity index (χ1v) is 5.87. The highest BCUT2D eigenvalue weighted by Gasteiger charge is 2.03. The summed E-state index contributed by atoms with van der Waals surface area (Å²) in [5, 5.41) is 6.03. The molecule has 0 aliphatic carbocycles. The van der Waals surface area contributed by atoms with E-state index in [0.29, 0.717) is 17.3 Å². The molecule has 0 aliphatic rings. The summed E-state index contributed by atoms with van der Waals surface area (Å²) in [6.07, 6.45) is 4.21. The maximum Gasteiger partial charge on any atom is 0.151 e. The van der Waals surface area contributed by atoms with Gasteiger partial charge in [-0.25, -0.2) is 9.37 Å². The molecule has 94 valence electrons. The van der Waals surface area contributed by atoms with Gasteiger partial charge < -0.3 is 10.6 Å². The fraction of sp³-hybridized carbons (Fsp3) is 0.231. The quantitative estimate of drug-likeness (QED) is 0.850. The van der Waals surface area contributed by atoms with Gasteiger partial charge in [0.1, 0.15) is 11.6 Å². The Bertz CT molecular complexity index is 516. The van der Waals surface area contributed by atoms with Crippen LogP contribution in [0.1, 0.15) is 13.3 Å². The Morgan fingerprint density at radius 1 is 1.17 bits per heavy atom. The van der Waals surface area contributed by atoms with Gasteiger partial charge in [-0.2, -0.15) is 0 Å². The number of hydrogen-bond acceptors (Lipinski definition) is 4. The minimum atomic E-state index is -0.314. The standard InChI is InChI=1S/C13H15FN4/c1-2-7-16-12-8-15-9-13(18-12)17-11-6-4-3-5-10(11)14/h3-6,8-9H,2,7H2,1H3,(H2,16,17,18). The van der Waals surface area contributed by atoms with E-state index in [2.05, 4.69) is 27.5 Å². The number of nitrogens with one attached hydrogen (secondary N) is 2. The summed E-state index contributed by atoms with van der Waals surface area (Å²) in [4.78, 5) is 8.35. The lowest BCUT2D eigenvalue weighted by atomic mass is 10.3. The smallest absolute Gasteiger partial charge is 0.151 e. The van der Waals surface area contributed by atoms with Crippen LogP contribution in [-0.2, 0) is 0 Å². The van der Waals surface area contributed by atoms with Crippen LogP contribution < -0.4 is 10.6 Å². The minimum Gasteiger partial charge on any atom is -0.369 e. The molecule has 0 aliphatic heterocycles. The van der Waals surface area contributed by atoms with Crippen LogP contribution in [0.2, 0.25) is 0 Å². The second kappa shape index (κ2) is 5.95. The maximum absolute atomic E-state index is 13.5. The highest BCUT2D eigenvalue weighted by Crippen LogP contribution is 2.18. The van der Waals surface area contributed by atoms with Gasteiger partial charge in [0.25, 0.3) is 0 Å². The van der Waals surface area contributed by atoms with Gasteiger partial charge in [0.05, 0.1) is 18.1 Å². The molecule has 0 saturated heterocycles. The van der Waals surface area contributed by atoms with Crippen LogP contribution in [-0.4, -0.2) is 16.5 Å². The molecule has 1 heterocycles. The molecule has 4 nitrogen and oxygen atoms in total. The number of halogens is 1. The van der Waals surface area contributed by atoms with Crippen LogP contribution in [0.4, 0.5) is 21.7 Å². The fourth-order valence-corrected chi connectivity index (χ4v) is 1.46. The van der Waals surface area contributed by atoms with Gasteiger partial charge in [0.15, 0.2) is 5.82 Å². The van der Waals surface area contributed by atoms with Crippen molar-refractivity contribution in [1.29, 1.82) is 0 Å². The molecule has 0 unspecified atom stereocenters. The second-order valence-corrected chi connectivity index (χ2v) is 3.82. The molecule has 2 N–H and O–H groups in total. The third-order valence-electron chi connectivity index (χ3n) is 2.33. The molecule has 0 amide bonds.